The summed E-state index contributed by atoms with van der Waals surface area (Å²) >= 11 is 0. The zero-order valence-electron chi connectivity index (χ0n) is 12.4. The Bertz CT molecular complexity index is 200. The Morgan fingerprint density at radius 2 is 1.67 bits per heavy atom. The molecule has 0 aromatic carbocycles. The Morgan fingerprint density at radius 1 is 0.944 bits per heavy atom. The minimum absolute atomic E-state index is 1.06. The highest BCUT2D eigenvalue weighted by Gasteiger charge is 2.17. The number of hydrogen-bond acceptors (Lipinski definition) is 1. The average Bonchev–Trinajstić information content (AvgIpc) is 2.42. The fourth-order valence-electron chi connectivity index (χ4n) is 3.59. The second kappa shape index (κ2) is 8.19. The van der Waals surface area contributed by atoms with Crippen molar-refractivity contribution in [3.8, 4) is 0 Å². The molecule has 1 nitrogen and oxygen atoms in total. The second-order valence-corrected chi connectivity index (χ2v) is 6.65. The summed E-state index contributed by atoms with van der Waals surface area (Å²) in [6.07, 6.45) is 16.1. The van der Waals surface area contributed by atoms with Crippen LogP contribution in [0.1, 0.15) is 77.6 Å². The van der Waals surface area contributed by atoms with Crippen LogP contribution in [0.5, 0.6) is 0 Å². The zero-order chi connectivity index (χ0) is 12.6. The van der Waals surface area contributed by atoms with Crippen LogP contribution < -0.4 is 0 Å². The lowest BCUT2D eigenvalue weighted by atomic mass is 9.80. The monoisotopic (exact) mass is 250 g/mol. The number of rotatable bonds is 6. The van der Waals surface area contributed by atoms with Crippen LogP contribution in [0.4, 0.5) is 0 Å². The van der Waals surface area contributed by atoms with Gasteiger partial charge in [-0.05, 0) is 76.4 Å². The molecule has 1 heteroatoms. The molecule has 0 N–H and O–H groups in total. The molecule has 1 heterocycles. The Hall–Kier alpha value is -0.0400. The average molecular weight is 250 g/mol. The van der Waals surface area contributed by atoms with Crippen molar-refractivity contribution in [3.05, 3.63) is 5.92 Å². The van der Waals surface area contributed by atoms with Crippen molar-refractivity contribution >= 4 is 0 Å². The molecule has 2 aliphatic rings. The SMILES string of the molecule is C[C]1CCC(CCCCCN2CCCCC2)CC1. The molecule has 2 fully saturated rings. The van der Waals surface area contributed by atoms with E-state index in [2.05, 4.69) is 11.8 Å². The first-order valence-corrected chi connectivity index (χ1v) is 8.38. The van der Waals surface area contributed by atoms with Gasteiger partial charge in [0, 0.05) is 0 Å². The van der Waals surface area contributed by atoms with Gasteiger partial charge in [0.1, 0.15) is 0 Å². The van der Waals surface area contributed by atoms with Crippen LogP contribution in [-0.2, 0) is 0 Å². The molecule has 0 bridgehead atoms. The highest BCUT2D eigenvalue weighted by molar-refractivity contribution is 4.89. The number of likely N-dealkylation sites (tertiary alicyclic amines) is 1. The molecule has 0 aromatic rings. The van der Waals surface area contributed by atoms with Crippen molar-refractivity contribution in [2.24, 2.45) is 5.92 Å². The molecule has 1 aliphatic heterocycles. The summed E-state index contributed by atoms with van der Waals surface area (Å²) in [7, 11) is 0. The maximum Gasteiger partial charge on any atom is -0.00187 e. The molecular weight excluding hydrogens is 218 g/mol. The summed E-state index contributed by atoms with van der Waals surface area (Å²) in [5.41, 5.74) is 0. The summed E-state index contributed by atoms with van der Waals surface area (Å²) in [5, 5.41) is 0. The van der Waals surface area contributed by atoms with Gasteiger partial charge in [-0.1, -0.05) is 32.6 Å². The summed E-state index contributed by atoms with van der Waals surface area (Å²) in [4.78, 5) is 2.68. The maximum atomic E-state index is 2.68. The van der Waals surface area contributed by atoms with E-state index in [0.29, 0.717) is 0 Å². The van der Waals surface area contributed by atoms with Gasteiger partial charge in [-0.25, -0.2) is 0 Å². The normalized spacial score (nSPS) is 24.5. The molecule has 2 rings (SSSR count). The van der Waals surface area contributed by atoms with Gasteiger partial charge in [0.2, 0.25) is 0 Å². The van der Waals surface area contributed by atoms with Gasteiger partial charge >= 0.3 is 0 Å². The molecular formula is C17H32N. The van der Waals surface area contributed by atoms with Gasteiger partial charge in [-0.15, -0.1) is 0 Å². The van der Waals surface area contributed by atoms with Crippen LogP contribution in [0.25, 0.3) is 0 Å². The number of nitrogens with zero attached hydrogens (tertiary/aromatic N) is 1. The van der Waals surface area contributed by atoms with E-state index in [1.54, 1.807) is 5.92 Å². The van der Waals surface area contributed by atoms with E-state index in [9.17, 15) is 0 Å². The highest BCUT2D eigenvalue weighted by atomic mass is 15.1. The van der Waals surface area contributed by atoms with E-state index in [4.69, 9.17) is 0 Å². The van der Waals surface area contributed by atoms with Crippen molar-refractivity contribution < 1.29 is 0 Å². The minimum Gasteiger partial charge on any atom is -0.303 e. The van der Waals surface area contributed by atoms with E-state index in [1.807, 2.05) is 0 Å². The first-order valence-electron chi connectivity index (χ1n) is 8.38. The Balaban J connectivity index is 1.43. The lowest BCUT2D eigenvalue weighted by molar-refractivity contribution is 0.223. The highest BCUT2D eigenvalue weighted by Crippen LogP contribution is 2.32. The first-order chi connectivity index (χ1) is 8.84. The topological polar surface area (TPSA) is 3.24 Å². The quantitative estimate of drug-likeness (QED) is 0.611. The molecule has 1 aliphatic carbocycles. The van der Waals surface area contributed by atoms with Gasteiger partial charge in [0.25, 0.3) is 0 Å². The summed E-state index contributed by atoms with van der Waals surface area (Å²) in [6, 6.07) is 0. The summed E-state index contributed by atoms with van der Waals surface area (Å²) in [5.74, 6) is 2.81. The van der Waals surface area contributed by atoms with Crippen LogP contribution >= 0.6 is 0 Å². The van der Waals surface area contributed by atoms with Crippen molar-refractivity contribution in [1.82, 2.24) is 4.90 Å². The number of piperidine rings is 1. The lowest BCUT2D eigenvalue weighted by Crippen LogP contribution is -2.30. The van der Waals surface area contributed by atoms with Crippen molar-refractivity contribution in [2.45, 2.75) is 77.6 Å². The standard InChI is InChI=1S/C17H32N/c1-16-9-11-17(12-10-16)8-4-2-5-13-18-14-6-3-7-15-18/h17H,2-15H2,1H3. The van der Waals surface area contributed by atoms with E-state index in [0.717, 1.165) is 5.92 Å². The van der Waals surface area contributed by atoms with E-state index in [1.165, 1.54) is 90.3 Å². The third-order valence-electron chi connectivity index (χ3n) is 4.99. The second-order valence-electron chi connectivity index (χ2n) is 6.65. The largest absolute Gasteiger partial charge is 0.303 e. The third-order valence-corrected chi connectivity index (χ3v) is 4.99. The van der Waals surface area contributed by atoms with Gasteiger partial charge in [0.15, 0.2) is 0 Å². The fourth-order valence-corrected chi connectivity index (χ4v) is 3.59. The molecule has 0 amide bonds. The minimum atomic E-state index is 1.06. The molecule has 18 heavy (non-hydrogen) atoms. The van der Waals surface area contributed by atoms with Crippen LogP contribution in [-0.4, -0.2) is 24.5 Å². The maximum absolute atomic E-state index is 2.68. The van der Waals surface area contributed by atoms with Crippen LogP contribution in [0.2, 0.25) is 0 Å². The molecule has 1 radical (unpaired) electrons. The fraction of sp³-hybridized carbons (Fsp3) is 0.941. The first kappa shape index (κ1) is 14.4. The van der Waals surface area contributed by atoms with Gasteiger partial charge < -0.3 is 4.90 Å². The van der Waals surface area contributed by atoms with Crippen LogP contribution in [0.15, 0.2) is 0 Å². The molecule has 105 valence electrons. The molecule has 0 spiro atoms. The number of unbranched alkanes of at least 4 members (excludes halogenated alkanes) is 2. The predicted molar refractivity (Wildman–Crippen MR) is 79.6 cm³/mol. The molecule has 1 saturated carbocycles. The molecule has 1 saturated heterocycles. The third kappa shape index (κ3) is 5.30. The van der Waals surface area contributed by atoms with Gasteiger partial charge in [-0.3, -0.25) is 0 Å². The lowest BCUT2D eigenvalue weighted by Gasteiger charge is -2.27. The van der Waals surface area contributed by atoms with Crippen molar-refractivity contribution in [2.75, 3.05) is 19.6 Å². The van der Waals surface area contributed by atoms with E-state index < -0.39 is 0 Å². The number of hydrogen-bond donors (Lipinski definition) is 0. The van der Waals surface area contributed by atoms with Crippen molar-refractivity contribution in [3.63, 3.8) is 0 Å². The van der Waals surface area contributed by atoms with Crippen LogP contribution in [0.3, 0.4) is 0 Å². The summed E-state index contributed by atoms with van der Waals surface area (Å²) < 4.78 is 0. The predicted octanol–water partition coefficient (Wildman–Crippen LogP) is 4.82. The van der Waals surface area contributed by atoms with Crippen LogP contribution in [0, 0.1) is 11.8 Å². The van der Waals surface area contributed by atoms with Gasteiger partial charge in [0.05, 0.1) is 0 Å². The van der Waals surface area contributed by atoms with Crippen molar-refractivity contribution in [1.29, 1.82) is 0 Å². The zero-order valence-corrected chi connectivity index (χ0v) is 12.4. The summed E-state index contributed by atoms with van der Waals surface area (Å²) in [6.45, 7) is 6.46. The Morgan fingerprint density at radius 3 is 2.39 bits per heavy atom. The Labute approximate surface area is 114 Å². The Kier molecular flexibility index (Phi) is 6.54. The smallest absolute Gasteiger partial charge is 0.00187 e. The molecule has 0 atom stereocenters. The van der Waals surface area contributed by atoms with E-state index >= 15 is 0 Å². The van der Waals surface area contributed by atoms with E-state index in [-0.39, 0.29) is 0 Å². The molecule has 0 aromatic heterocycles. The molecule has 0 unspecified atom stereocenters. The van der Waals surface area contributed by atoms with Gasteiger partial charge in [-0.2, -0.15) is 0 Å².